The molecule has 0 aliphatic carbocycles. The van der Waals surface area contributed by atoms with E-state index >= 15 is 0 Å². The molecule has 170 valence electrons. The fourth-order valence-electron chi connectivity index (χ4n) is 4.13. The minimum Gasteiger partial charge on any atom is -0.457 e. The second kappa shape index (κ2) is 9.50. The number of carbonyl (C=O) groups excluding carboxylic acids is 1. The van der Waals surface area contributed by atoms with Crippen LogP contribution in [0.25, 0.3) is 11.0 Å². The molecule has 1 aliphatic heterocycles. The highest BCUT2D eigenvalue weighted by molar-refractivity contribution is 5.81. The molecule has 2 aromatic carbocycles. The average Bonchev–Trinajstić information content (AvgIpc) is 3.31. The minimum atomic E-state index is -0.356. The number of rotatable bonds is 5. The van der Waals surface area contributed by atoms with Crippen LogP contribution in [-0.4, -0.2) is 38.6 Å². The summed E-state index contributed by atoms with van der Waals surface area (Å²) < 4.78 is 14.1. The van der Waals surface area contributed by atoms with Crippen LogP contribution in [0, 0.1) is 11.5 Å². The Morgan fingerprint density at radius 2 is 1.62 bits per heavy atom. The van der Waals surface area contributed by atoms with Gasteiger partial charge in [-0.25, -0.2) is 15.1 Å². The number of hydrogen-bond donors (Lipinski definition) is 1. The van der Waals surface area contributed by atoms with Crippen molar-refractivity contribution in [3.63, 3.8) is 0 Å². The number of nitrogens with zero attached hydrogens (tertiary/aromatic N) is 5. The first-order valence-corrected chi connectivity index (χ1v) is 11.0. The second-order valence-corrected chi connectivity index (χ2v) is 7.88. The molecule has 2 aromatic heterocycles. The maximum atomic E-state index is 11.9. The zero-order chi connectivity index (χ0) is 23.3. The number of nitrogens with one attached hydrogen (secondary N) is 1. The first kappa shape index (κ1) is 21.3. The van der Waals surface area contributed by atoms with E-state index in [0.29, 0.717) is 30.5 Å². The van der Waals surface area contributed by atoms with Crippen LogP contribution in [0.5, 0.6) is 23.1 Å². The van der Waals surface area contributed by atoms with Gasteiger partial charge in [-0.2, -0.15) is 10.2 Å². The molecule has 9 heteroatoms. The monoisotopic (exact) mass is 454 g/mol. The van der Waals surface area contributed by atoms with E-state index in [1.807, 2.05) is 66.9 Å². The molecule has 0 atom stereocenters. The molecule has 0 spiro atoms. The largest absolute Gasteiger partial charge is 0.457 e. The minimum absolute atomic E-state index is 0.165. The highest BCUT2D eigenvalue weighted by atomic mass is 16.5. The second-order valence-electron chi connectivity index (χ2n) is 7.88. The van der Waals surface area contributed by atoms with Crippen LogP contribution < -0.4 is 14.8 Å². The fourth-order valence-corrected chi connectivity index (χ4v) is 4.13. The Morgan fingerprint density at radius 3 is 2.32 bits per heavy atom. The highest BCUT2D eigenvalue weighted by Gasteiger charge is 2.25. The summed E-state index contributed by atoms with van der Waals surface area (Å²) in [5.74, 6) is 2.58. The van der Waals surface area contributed by atoms with Crippen LogP contribution in [0.4, 0.5) is 4.79 Å². The van der Waals surface area contributed by atoms with Crippen molar-refractivity contribution in [1.29, 1.82) is 5.26 Å². The van der Waals surface area contributed by atoms with Crippen LogP contribution in [0.3, 0.4) is 0 Å². The number of para-hydroxylation sites is 1. The number of benzene rings is 2. The smallest absolute Gasteiger partial charge is 0.330 e. The molecule has 1 saturated heterocycles. The van der Waals surface area contributed by atoms with Gasteiger partial charge in [-0.3, -0.25) is 0 Å². The molecule has 4 aromatic rings. The molecular weight excluding hydrogens is 432 g/mol. The Hall–Kier alpha value is -4.58. The first-order chi connectivity index (χ1) is 16.7. The number of fused-ring (bicyclic) bond motifs is 1. The molecule has 0 saturated carbocycles. The molecular formula is C25H22N6O3. The van der Waals surface area contributed by atoms with Gasteiger partial charge in [0.1, 0.15) is 29.1 Å². The molecule has 0 bridgehead atoms. The van der Waals surface area contributed by atoms with E-state index in [1.165, 1.54) is 6.33 Å². The van der Waals surface area contributed by atoms with Crippen molar-refractivity contribution in [2.75, 3.05) is 13.1 Å². The van der Waals surface area contributed by atoms with E-state index in [4.69, 9.17) is 14.7 Å². The standard InChI is InChI=1S/C25H22N6O3/c26-16-27-25(32)30-13-10-18(11-14-30)31-15-12-22-23(31)24(29-17-28-22)34-21-8-6-20(7-9-21)33-19-4-2-1-3-5-19/h1-9,12,15,17-18H,10-11,13-14H2,(H,27,32). The molecule has 2 amide bonds. The van der Waals surface area contributed by atoms with Gasteiger partial charge in [-0.1, -0.05) is 18.2 Å². The summed E-state index contributed by atoms with van der Waals surface area (Å²) in [6.07, 6.45) is 6.67. The molecule has 0 radical (unpaired) electrons. The summed E-state index contributed by atoms with van der Waals surface area (Å²) in [6.45, 7) is 1.12. The molecule has 1 N–H and O–H groups in total. The molecule has 0 unspecified atom stereocenters. The summed E-state index contributed by atoms with van der Waals surface area (Å²) in [5.41, 5.74) is 1.60. The number of piperidine rings is 1. The molecule has 3 heterocycles. The van der Waals surface area contributed by atoms with Gasteiger partial charge in [-0.05, 0) is 55.3 Å². The van der Waals surface area contributed by atoms with Crippen molar-refractivity contribution in [3.8, 4) is 29.3 Å². The van der Waals surface area contributed by atoms with Gasteiger partial charge in [-0.15, -0.1) is 0 Å². The Labute approximate surface area is 196 Å². The van der Waals surface area contributed by atoms with Crippen LogP contribution in [-0.2, 0) is 0 Å². The third-order valence-electron chi connectivity index (χ3n) is 5.79. The van der Waals surface area contributed by atoms with E-state index < -0.39 is 0 Å². The van der Waals surface area contributed by atoms with Gasteiger partial charge in [0.15, 0.2) is 6.19 Å². The molecule has 1 fully saturated rings. The summed E-state index contributed by atoms with van der Waals surface area (Å²) in [6, 6.07) is 18.7. The summed E-state index contributed by atoms with van der Waals surface area (Å²) in [4.78, 5) is 22.4. The highest BCUT2D eigenvalue weighted by Crippen LogP contribution is 2.33. The van der Waals surface area contributed by atoms with Gasteiger partial charge in [0.2, 0.25) is 5.88 Å². The molecule has 1 aliphatic rings. The van der Waals surface area contributed by atoms with Gasteiger partial charge in [0.05, 0.1) is 5.52 Å². The number of aromatic nitrogens is 3. The average molecular weight is 454 g/mol. The quantitative estimate of drug-likeness (QED) is 0.342. The van der Waals surface area contributed by atoms with E-state index in [0.717, 1.165) is 29.6 Å². The first-order valence-electron chi connectivity index (χ1n) is 11.0. The maximum absolute atomic E-state index is 11.9. The third-order valence-corrected chi connectivity index (χ3v) is 5.79. The van der Waals surface area contributed by atoms with E-state index in [-0.39, 0.29) is 12.1 Å². The predicted octanol–water partition coefficient (Wildman–Crippen LogP) is 4.84. The molecule has 5 rings (SSSR count). The van der Waals surface area contributed by atoms with Crippen molar-refractivity contribution < 1.29 is 14.3 Å². The summed E-state index contributed by atoms with van der Waals surface area (Å²) in [7, 11) is 0. The lowest BCUT2D eigenvalue weighted by Gasteiger charge is -2.32. The Bertz CT molecular complexity index is 1320. The lowest BCUT2D eigenvalue weighted by atomic mass is 10.1. The number of nitriles is 1. The van der Waals surface area contributed by atoms with Crippen molar-refractivity contribution in [3.05, 3.63) is 73.2 Å². The number of hydrogen-bond acceptors (Lipinski definition) is 6. The van der Waals surface area contributed by atoms with E-state index in [2.05, 4.69) is 19.9 Å². The van der Waals surface area contributed by atoms with Crippen LogP contribution in [0.1, 0.15) is 18.9 Å². The lowest BCUT2D eigenvalue weighted by Crippen LogP contribution is -2.43. The zero-order valence-electron chi connectivity index (χ0n) is 18.3. The SMILES string of the molecule is N#CNC(=O)N1CCC(n2ccc3ncnc(Oc4ccc(Oc5ccccc5)cc4)c32)CC1. The number of urea groups is 1. The van der Waals surface area contributed by atoms with Crippen molar-refractivity contribution in [2.24, 2.45) is 0 Å². The number of carbonyl (C=O) groups is 1. The van der Waals surface area contributed by atoms with Gasteiger partial charge < -0.3 is 18.9 Å². The lowest BCUT2D eigenvalue weighted by molar-refractivity contribution is 0.176. The van der Waals surface area contributed by atoms with E-state index in [9.17, 15) is 4.79 Å². The van der Waals surface area contributed by atoms with Crippen molar-refractivity contribution in [1.82, 2.24) is 24.8 Å². The predicted molar refractivity (Wildman–Crippen MR) is 125 cm³/mol. The van der Waals surface area contributed by atoms with Crippen LogP contribution in [0.15, 0.2) is 73.2 Å². The summed E-state index contributed by atoms with van der Waals surface area (Å²) in [5, 5.41) is 10.9. The molecule has 34 heavy (non-hydrogen) atoms. The number of ether oxygens (including phenoxy) is 2. The fraction of sp³-hybridized carbons (Fsp3) is 0.200. The Balaban J connectivity index is 1.32. The van der Waals surface area contributed by atoms with Crippen LogP contribution in [0.2, 0.25) is 0 Å². The van der Waals surface area contributed by atoms with E-state index in [1.54, 1.807) is 11.1 Å². The summed E-state index contributed by atoms with van der Waals surface area (Å²) >= 11 is 0. The normalized spacial score (nSPS) is 13.9. The van der Waals surface area contributed by atoms with Crippen LogP contribution >= 0.6 is 0 Å². The van der Waals surface area contributed by atoms with Gasteiger partial charge in [0.25, 0.3) is 0 Å². The number of likely N-dealkylation sites (tertiary alicyclic amines) is 1. The topological polar surface area (TPSA) is 105 Å². The van der Waals surface area contributed by atoms with Gasteiger partial charge in [0, 0.05) is 25.3 Å². The van der Waals surface area contributed by atoms with Gasteiger partial charge >= 0.3 is 6.03 Å². The Morgan fingerprint density at radius 1 is 0.941 bits per heavy atom. The van der Waals surface area contributed by atoms with Crippen molar-refractivity contribution in [2.45, 2.75) is 18.9 Å². The molecule has 9 nitrogen and oxygen atoms in total. The zero-order valence-corrected chi connectivity index (χ0v) is 18.3. The third kappa shape index (κ3) is 4.47. The Kier molecular flexibility index (Phi) is 5.95. The maximum Gasteiger partial charge on any atom is 0.330 e. The number of amides is 2. The van der Waals surface area contributed by atoms with Crippen molar-refractivity contribution >= 4 is 17.1 Å².